The minimum atomic E-state index is 0.275. The van der Waals surface area contributed by atoms with Gasteiger partial charge < -0.3 is 0 Å². The molecule has 4 nitrogen and oxygen atoms in total. The van der Waals surface area contributed by atoms with Crippen LogP contribution >= 0.6 is 11.6 Å². The summed E-state index contributed by atoms with van der Waals surface area (Å²) in [6.45, 7) is 6.03. The summed E-state index contributed by atoms with van der Waals surface area (Å²) >= 11 is 5.98. The maximum Gasteiger partial charge on any atom is 0.163 e. The van der Waals surface area contributed by atoms with Crippen LogP contribution in [0.2, 0.25) is 5.15 Å². The lowest BCUT2D eigenvalue weighted by Crippen LogP contribution is -2.03. The van der Waals surface area contributed by atoms with Crippen molar-refractivity contribution in [2.24, 2.45) is 0 Å². The Morgan fingerprint density at radius 3 is 2.71 bits per heavy atom. The van der Waals surface area contributed by atoms with Crippen LogP contribution in [0.3, 0.4) is 0 Å². The van der Waals surface area contributed by atoms with Crippen LogP contribution in [0.25, 0.3) is 11.0 Å². The summed E-state index contributed by atoms with van der Waals surface area (Å²) in [5.41, 5.74) is 1.68. The number of halogens is 1. The fraction of sp³-hybridized carbons (Fsp3) is 0.444. The monoisotopic (exact) mass is 210 g/mol. The molecule has 0 aliphatic carbocycles. The van der Waals surface area contributed by atoms with E-state index in [1.54, 1.807) is 0 Å². The van der Waals surface area contributed by atoms with Crippen molar-refractivity contribution in [2.75, 3.05) is 0 Å². The lowest BCUT2D eigenvalue weighted by atomic mass is 10.3. The molecule has 2 aromatic heterocycles. The molecule has 0 bridgehead atoms. The first-order valence-electron chi connectivity index (χ1n) is 4.46. The molecule has 0 radical (unpaired) electrons. The van der Waals surface area contributed by atoms with Crippen LogP contribution in [0.1, 0.15) is 25.6 Å². The summed E-state index contributed by atoms with van der Waals surface area (Å²) in [4.78, 5) is 8.13. The van der Waals surface area contributed by atoms with Gasteiger partial charge in [0.05, 0.1) is 11.1 Å². The Bertz CT molecular complexity index is 475. The van der Waals surface area contributed by atoms with E-state index in [0.717, 1.165) is 16.7 Å². The number of rotatable bonds is 1. The fourth-order valence-electron chi connectivity index (χ4n) is 1.46. The van der Waals surface area contributed by atoms with E-state index in [4.69, 9.17) is 11.6 Å². The molecule has 2 heterocycles. The summed E-state index contributed by atoms with van der Waals surface area (Å²) in [5, 5.41) is 5.70. The highest BCUT2D eigenvalue weighted by Crippen LogP contribution is 2.24. The molecule has 0 unspecified atom stereocenters. The number of fused-ring (bicyclic) bond motifs is 1. The Morgan fingerprint density at radius 2 is 2.07 bits per heavy atom. The first-order chi connectivity index (χ1) is 6.61. The van der Waals surface area contributed by atoms with Crippen LogP contribution in [0.5, 0.6) is 0 Å². The smallest absolute Gasteiger partial charge is 0.163 e. The highest BCUT2D eigenvalue weighted by molar-refractivity contribution is 6.34. The largest absolute Gasteiger partial charge is 0.244 e. The Hall–Kier alpha value is -1.16. The second-order valence-corrected chi connectivity index (χ2v) is 3.84. The van der Waals surface area contributed by atoms with Gasteiger partial charge in [-0.15, -0.1) is 0 Å². The van der Waals surface area contributed by atoms with E-state index in [0.29, 0.717) is 5.15 Å². The minimum Gasteiger partial charge on any atom is -0.244 e. The zero-order chi connectivity index (χ0) is 10.3. The molecular weight excluding hydrogens is 200 g/mol. The molecule has 0 spiro atoms. The lowest BCUT2D eigenvalue weighted by Gasteiger charge is -2.05. The average Bonchev–Trinajstić information content (AvgIpc) is 2.45. The van der Waals surface area contributed by atoms with Gasteiger partial charge in [0, 0.05) is 6.04 Å². The number of nitrogens with zero attached hydrogens (tertiary/aromatic N) is 4. The van der Waals surface area contributed by atoms with Crippen LogP contribution in [-0.4, -0.2) is 19.7 Å². The van der Waals surface area contributed by atoms with Crippen molar-refractivity contribution in [1.82, 2.24) is 19.7 Å². The minimum absolute atomic E-state index is 0.275. The maximum atomic E-state index is 5.98. The Labute approximate surface area is 86.9 Å². The predicted octanol–water partition coefficient (Wildman–Crippen LogP) is 2.37. The summed E-state index contributed by atoms with van der Waals surface area (Å²) in [6, 6.07) is 0.275. The Balaban J connectivity index is 2.84. The normalized spacial score (nSPS) is 11.5. The van der Waals surface area contributed by atoms with Gasteiger partial charge in [0.25, 0.3) is 0 Å². The first kappa shape index (κ1) is 9.40. The van der Waals surface area contributed by atoms with E-state index in [1.165, 1.54) is 6.33 Å². The van der Waals surface area contributed by atoms with Gasteiger partial charge in [-0.25, -0.2) is 14.6 Å². The van der Waals surface area contributed by atoms with Crippen molar-refractivity contribution in [3.8, 4) is 0 Å². The van der Waals surface area contributed by atoms with Gasteiger partial charge in [-0.05, 0) is 20.8 Å². The topological polar surface area (TPSA) is 43.6 Å². The molecule has 0 saturated heterocycles. The van der Waals surface area contributed by atoms with E-state index in [1.807, 2.05) is 11.6 Å². The first-order valence-corrected chi connectivity index (χ1v) is 4.84. The number of aromatic nitrogens is 4. The summed E-state index contributed by atoms with van der Waals surface area (Å²) in [7, 11) is 0. The third-order valence-corrected chi connectivity index (χ3v) is 2.39. The van der Waals surface area contributed by atoms with E-state index in [2.05, 4.69) is 28.9 Å². The second-order valence-electron chi connectivity index (χ2n) is 3.49. The third kappa shape index (κ3) is 1.26. The molecule has 0 aliphatic rings. The number of hydrogen-bond acceptors (Lipinski definition) is 3. The van der Waals surface area contributed by atoms with Crippen LogP contribution in [-0.2, 0) is 0 Å². The number of aryl methyl sites for hydroxylation is 1. The van der Waals surface area contributed by atoms with E-state index < -0.39 is 0 Å². The van der Waals surface area contributed by atoms with E-state index in [-0.39, 0.29) is 6.04 Å². The Morgan fingerprint density at radius 1 is 1.36 bits per heavy atom. The molecule has 5 heteroatoms. The van der Waals surface area contributed by atoms with Gasteiger partial charge >= 0.3 is 0 Å². The van der Waals surface area contributed by atoms with Gasteiger partial charge in [0.15, 0.2) is 5.65 Å². The highest BCUT2D eigenvalue weighted by Gasteiger charge is 2.13. The molecule has 14 heavy (non-hydrogen) atoms. The molecule has 74 valence electrons. The fourth-order valence-corrected chi connectivity index (χ4v) is 1.72. The predicted molar refractivity (Wildman–Crippen MR) is 55.5 cm³/mol. The second kappa shape index (κ2) is 3.20. The van der Waals surface area contributed by atoms with Crippen LogP contribution in [0.4, 0.5) is 0 Å². The lowest BCUT2D eigenvalue weighted by molar-refractivity contribution is 0.542. The standard InChI is InChI=1S/C9H11ClN4/c1-5(2)14-9-7(6(3)13-14)8(10)11-4-12-9/h4-5H,1-3H3. The highest BCUT2D eigenvalue weighted by atomic mass is 35.5. The maximum absolute atomic E-state index is 5.98. The third-order valence-electron chi connectivity index (χ3n) is 2.11. The van der Waals surface area contributed by atoms with Gasteiger partial charge in [0.1, 0.15) is 11.5 Å². The SMILES string of the molecule is Cc1nn(C(C)C)c2ncnc(Cl)c12. The Kier molecular flexibility index (Phi) is 2.15. The van der Waals surface area contributed by atoms with Crippen molar-refractivity contribution in [3.63, 3.8) is 0 Å². The van der Waals surface area contributed by atoms with Gasteiger partial charge in [-0.2, -0.15) is 5.10 Å². The molecule has 0 saturated carbocycles. The van der Waals surface area contributed by atoms with Crippen molar-refractivity contribution >= 4 is 22.6 Å². The van der Waals surface area contributed by atoms with Gasteiger partial charge in [-0.3, -0.25) is 0 Å². The average molecular weight is 211 g/mol. The van der Waals surface area contributed by atoms with Crippen molar-refractivity contribution in [2.45, 2.75) is 26.8 Å². The number of hydrogen-bond donors (Lipinski definition) is 0. The molecule has 0 atom stereocenters. The molecular formula is C9H11ClN4. The van der Waals surface area contributed by atoms with Crippen LogP contribution in [0.15, 0.2) is 6.33 Å². The van der Waals surface area contributed by atoms with Gasteiger partial charge in [-0.1, -0.05) is 11.6 Å². The molecule has 2 aromatic rings. The molecule has 0 amide bonds. The van der Waals surface area contributed by atoms with E-state index in [9.17, 15) is 0 Å². The zero-order valence-electron chi connectivity index (χ0n) is 8.32. The quantitative estimate of drug-likeness (QED) is 0.679. The molecule has 2 rings (SSSR count). The van der Waals surface area contributed by atoms with Crippen molar-refractivity contribution < 1.29 is 0 Å². The zero-order valence-corrected chi connectivity index (χ0v) is 9.08. The van der Waals surface area contributed by atoms with Gasteiger partial charge in [0.2, 0.25) is 0 Å². The van der Waals surface area contributed by atoms with Crippen LogP contribution < -0.4 is 0 Å². The molecule has 0 aromatic carbocycles. The van der Waals surface area contributed by atoms with Crippen LogP contribution in [0, 0.1) is 6.92 Å². The van der Waals surface area contributed by atoms with Crippen molar-refractivity contribution in [3.05, 3.63) is 17.2 Å². The van der Waals surface area contributed by atoms with E-state index >= 15 is 0 Å². The summed E-state index contributed by atoms with van der Waals surface area (Å²) < 4.78 is 1.86. The van der Waals surface area contributed by atoms with Crippen molar-refractivity contribution in [1.29, 1.82) is 0 Å². The summed E-state index contributed by atoms with van der Waals surface area (Å²) in [5.74, 6) is 0. The molecule has 0 fully saturated rings. The molecule has 0 N–H and O–H groups in total. The summed E-state index contributed by atoms with van der Waals surface area (Å²) in [6.07, 6.45) is 1.46. The molecule has 0 aliphatic heterocycles.